The van der Waals surface area contributed by atoms with Gasteiger partial charge >= 0.3 is 5.97 Å². The molecule has 3 amide bonds. The number of hydrogen-bond donors (Lipinski definition) is 3. The lowest BCUT2D eigenvalue weighted by Crippen LogP contribution is -2.54. The Bertz CT molecular complexity index is 1550. The maximum absolute atomic E-state index is 14.5. The number of nitrogens with zero attached hydrogens (tertiary/aromatic N) is 3. The summed E-state index contributed by atoms with van der Waals surface area (Å²) in [6.45, 7) is 16.2. The molecular formula is C47H78N4O10. The zero-order chi connectivity index (χ0) is 46.1. The van der Waals surface area contributed by atoms with Crippen LogP contribution in [0.4, 0.5) is 0 Å². The summed E-state index contributed by atoms with van der Waals surface area (Å²) < 4.78 is 12.0. The summed E-state index contributed by atoms with van der Waals surface area (Å²) in [5.74, 6) is -4.55. The molecule has 10 atom stereocenters. The number of Topliss-reactive ketones (excluding diaryl/α,β-unsaturated/α-hetero) is 2. The Morgan fingerprint density at radius 1 is 0.869 bits per heavy atom. The molecule has 1 aromatic carbocycles. The Morgan fingerprint density at radius 3 is 2.02 bits per heavy atom. The third-order valence-electron chi connectivity index (χ3n) is 12.9. The minimum atomic E-state index is -1.07. The van der Waals surface area contributed by atoms with Crippen LogP contribution >= 0.6 is 0 Å². The van der Waals surface area contributed by atoms with Gasteiger partial charge in [0.1, 0.15) is 5.78 Å². The molecule has 0 unspecified atom stereocenters. The lowest BCUT2D eigenvalue weighted by atomic mass is 9.83. The number of ether oxygens (including phenoxy) is 2. The van der Waals surface area contributed by atoms with Gasteiger partial charge in [0.15, 0.2) is 5.78 Å². The molecule has 14 nitrogen and oxygen atoms in total. The molecule has 1 aromatic rings. The van der Waals surface area contributed by atoms with Crippen LogP contribution in [0.15, 0.2) is 30.3 Å². The second-order valence-electron chi connectivity index (χ2n) is 18.0. The van der Waals surface area contributed by atoms with Gasteiger partial charge < -0.3 is 34.8 Å². The SMILES string of the molecule is CC[C@H](C)[C@@H]([C@@H](CC(=O)N1CCC[C@H]1[C@H](OC)[C@@H](C)C(=O)C[C@H](C(=O)NCc1ccccc1)[C@@H](C)O)OC)N(C)C(=O)[C@@H](CC(=O)[C@H](C(C)C)N(C)CCCC(=O)O)C(C)C. The first kappa shape index (κ1) is 53.4. The van der Waals surface area contributed by atoms with E-state index in [1.807, 2.05) is 83.8 Å². The van der Waals surface area contributed by atoms with Crippen molar-refractivity contribution in [2.45, 2.75) is 150 Å². The number of aliphatic carboxylic acids is 1. The Kier molecular flexibility index (Phi) is 22.8. The predicted octanol–water partition coefficient (Wildman–Crippen LogP) is 5.23. The number of aliphatic hydroxyl groups is 1. The van der Waals surface area contributed by atoms with Gasteiger partial charge in [0.2, 0.25) is 17.7 Å². The standard InChI is InChI=1S/C47H78N4O10/c1-13-31(6)44(50(10)47(59)35(29(2)3)25-39(54)43(30(4)5)49(9)23-18-22-42(56)57)40(60-11)27-41(55)51-24-17-21-37(51)45(61-12)32(7)38(53)26-36(33(8)52)46(58)48-28-34-19-15-14-16-20-34/h14-16,19-20,29-33,35-37,40,43-45,52H,13,17-18,21-28H2,1-12H3,(H,48,58)(H,56,57)/t31-,32-,33+,35-,36-,37-,40+,43-,44-,45+/m0/s1. The topological polar surface area (TPSA) is 183 Å². The number of aliphatic hydroxyl groups excluding tert-OH is 1. The maximum atomic E-state index is 14.5. The number of carboxylic acids is 1. The summed E-state index contributed by atoms with van der Waals surface area (Å²) in [7, 11) is 6.60. The van der Waals surface area contributed by atoms with Crippen molar-refractivity contribution in [1.29, 1.82) is 0 Å². The molecule has 3 N–H and O–H groups in total. The number of rotatable bonds is 28. The number of carboxylic acid groups (broad SMARTS) is 1. The maximum Gasteiger partial charge on any atom is 0.303 e. The van der Waals surface area contributed by atoms with E-state index in [0.29, 0.717) is 38.8 Å². The average molecular weight is 859 g/mol. The van der Waals surface area contributed by atoms with Crippen LogP contribution in [-0.4, -0.2) is 138 Å². The number of nitrogens with one attached hydrogen (secondary N) is 1. The van der Waals surface area contributed by atoms with Gasteiger partial charge in [0, 0.05) is 65.5 Å². The summed E-state index contributed by atoms with van der Waals surface area (Å²) in [4.78, 5) is 86.1. The summed E-state index contributed by atoms with van der Waals surface area (Å²) in [5, 5.41) is 22.5. The molecule has 0 aromatic heterocycles. The highest BCUT2D eigenvalue weighted by atomic mass is 16.5. The number of amides is 3. The van der Waals surface area contributed by atoms with E-state index >= 15 is 0 Å². The van der Waals surface area contributed by atoms with Gasteiger partial charge in [-0.2, -0.15) is 0 Å². The smallest absolute Gasteiger partial charge is 0.303 e. The number of hydrogen-bond acceptors (Lipinski definition) is 10. The molecule has 1 fully saturated rings. The van der Waals surface area contributed by atoms with Crippen LogP contribution < -0.4 is 5.32 Å². The van der Waals surface area contributed by atoms with E-state index in [9.17, 15) is 33.9 Å². The monoisotopic (exact) mass is 859 g/mol. The van der Waals surface area contributed by atoms with E-state index in [0.717, 1.165) is 5.56 Å². The largest absolute Gasteiger partial charge is 0.481 e. The molecule has 0 saturated carbocycles. The first-order valence-electron chi connectivity index (χ1n) is 22.3. The van der Waals surface area contributed by atoms with Crippen LogP contribution in [-0.2, 0) is 44.8 Å². The summed E-state index contributed by atoms with van der Waals surface area (Å²) in [6.07, 6.45) is -0.148. The van der Waals surface area contributed by atoms with Gasteiger partial charge in [-0.3, -0.25) is 33.7 Å². The van der Waals surface area contributed by atoms with Gasteiger partial charge in [-0.1, -0.05) is 85.2 Å². The van der Waals surface area contributed by atoms with Crippen LogP contribution in [0, 0.1) is 35.5 Å². The first-order valence-corrected chi connectivity index (χ1v) is 22.3. The number of likely N-dealkylation sites (N-methyl/N-ethyl adjacent to an activating group) is 2. The number of benzene rings is 1. The van der Waals surface area contributed by atoms with Crippen LogP contribution in [0.5, 0.6) is 0 Å². The van der Waals surface area contributed by atoms with Gasteiger partial charge in [0.05, 0.1) is 48.8 Å². The highest BCUT2D eigenvalue weighted by Crippen LogP contribution is 2.32. The van der Waals surface area contributed by atoms with Crippen molar-refractivity contribution in [3.63, 3.8) is 0 Å². The highest BCUT2D eigenvalue weighted by molar-refractivity contribution is 5.90. The molecule has 1 saturated heterocycles. The van der Waals surface area contributed by atoms with Crippen molar-refractivity contribution in [3.05, 3.63) is 35.9 Å². The molecule has 61 heavy (non-hydrogen) atoms. The fourth-order valence-electron chi connectivity index (χ4n) is 9.09. The number of carbonyl (C=O) groups is 6. The van der Waals surface area contributed by atoms with Gasteiger partial charge in [0.25, 0.3) is 0 Å². The Labute approximate surface area is 365 Å². The van der Waals surface area contributed by atoms with Crippen LogP contribution in [0.2, 0.25) is 0 Å². The predicted molar refractivity (Wildman–Crippen MR) is 235 cm³/mol. The third kappa shape index (κ3) is 15.5. The Hall–Kier alpha value is -3.72. The number of likely N-dealkylation sites (tertiary alicyclic amines) is 1. The summed E-state index contributed by atoms with van der Waals surface area (Å²) in [6, 6.07) is 8.00. The molecule has 346 valence electrons. The molecule has 1 aliphatic heterocycles. The Morgan fingerprint density at radius 2 is 1.49 bits per heavy atom. The first-order chi connectivity index (χ1) is 28.7. The zero-order valence-electron chi connectivity index (χ0n) is 39.1. The van der Waals surface area contributed by atoms with E-state index in [1.165, 1.54) is 21.1 Å². The fraction of sp³-hybridized carbons (Fsp3) is 0.745. The second kappa shape index (κ2) is 26.0. The fourth-order valence-corrected chi connectivity index (χ4v) is 9.09. The molecule has 2 rings (SSSR count). The molecule has 0 radical (unpaired) electrons. The summed E-state index contributed by atoms with van der Waals surface area (Å²) in [5.41, 5.74) is 0.897. The van der Waals surface area contributed by atoms with Crippen molar-refractivity contribution < 1.29 is 48.5 Å². The quantitative estimate of drug-likeness (QED) is 0.100. The Balaban J connectivity index is 2.25. The van der Waals surface area contributed by atoms with Crippen molar-refractivity contribution >= 4 is 35.3 Å². The minimum absolute atomic E-state index is 0.00821. The molecule has 1 aliphatic rings. The average Bonchev–Trinajstić information content (AvgIpc) is 3.70. The van der Waals surface area contributed by atoms with E-state index in [1.54, 1.807) is 23.8 Å². The van der Waals surface area contributed by atoms with Crippen molar-refractivity contribution in [2.24, 2.45) is 35.5 Å². The third-order valence-corrected chi connectivity index (χ3v) is 12.9. The van der Waals surface area contributed by atoms with E-state index in [4.69, 9.17) is 14.6 Å². The molecular weight excluding hydrogens is 781 g/mol. The van der Waals surface area contributed by atoms with Crippen LogP contribution in [0.3, 0.4) is 0 Å². The number of ketones is 2. The second-order valence-corrected chi connectivity index (χ2v) is 18.0. The van der Waals surface area contributed by atoms with E-state index in [2.05, 4.69) is 5.32 Å². The number of methoxy groups -OCH3 is 2. The lowest BCUT2D eigenvalue weighted by molar-refractivity contribution is -0.149. The molecule has 0 bridgehead atoms. The van der Waals surface area contributed by atoms with Crippen molar-refractivity contribution in [1.82, 2.24) is 20.0 Å². The normalized spacial score (nSPS) is 18.8. The summed E-state index contributed by atoms with van der Waals surface area (Å²) >= 11 is 0. The van der Waals surface area contributed by atoms with E-state index in [-0.39, 0.29) is 73.4 Å². The van der Waals surface area contributed by atoms with Gasteiger partial charge in [-0.05, 0) is 63.1 Å². The molecule has 14 heteroatoms. The number of carbonyl (C=O) groups excluding carboxylic acids is 5. The minimum Gasteiger partial charge on any atom is -0.481 e. The van der Waals surface area contributed by atoms with Crippen LogP contribution in [0.1, 0.15) is 112 Å². The molecule has 1 heterocycles. The lowest BCUT2D eigenvalue weighted by Gasteiger charge is -2.41. The molecule has 0 aliphatic carbocycles. The van der Waals surface area contributed by atoms with E-state index < -0.39 is 66.1 Å². The zero-order valence-corrected chi connectivity index (χ0v) is 39.1. The van der Waals surface area contributed by atoms with Crippen LogP contribution in [0.25, 0.3) is 0 Å². The van der Waals surface area contributed by atoms with Gasteiger partial charge in [-0.15, -0.1) is 0 Å². The van der Waals surface area contributed by atoms with Gasteiger partial charge in [-0.25, -0.2) is 0 Å². The molecule has 0 spiro atoms. The van der Waals surface area contributed by atoms with Crippen molar-refractivity contribution in [3.8, 4) is 0 Å². The van der Waals surface area contributed by atoms with Crippen molar-refractivity contribution in [2.75, 3.05) is 41.4 Å². The highest BCUT2D eigenvalue weighted by Gasteiger charge is 2.44.